The fourth-order valence-corrected chi connectivity index (χ4v) is 3.01. The van der Waals surface area contributed by atoms with Crippen molar-refractivity contribution in [1.82, 2.24) is 10.3 Å². The molecule has 0 aromatic carbocycles. The monoisotopic (exact) mass is 228 g/mol. The molecule has 4 nitrogen and oxygen atoms in total. The number of piperidine rings is 1. The van der Waals surface area contributed by atoms with Crippen molar-refractivity contribution in [2.24, 2.45) is 0 Å². The van der Waals surface area contributed by atoms with E-state index < -0.39 is 0 Å². The Morgan fingerprint density at radius 2 is 2.12 bits per heavy atom. The number of rotatable bonds is 2. The van der Waals surface area contributed by atoms with Crippen LogP contribution in [-0.2, 0) is 0 Å². The molecule has 0 saturated carbocycles. The molecule has 2 bridgehead atoms. The lowest BCUT2D eigenvalue weighted by molar-refractivity contribution is 0.378. The molecule has 17 heavy (non-hydrogen) atoms. The van der Waals surface area contributed by atoms with E-state index in [4.69, 9.17) is 5.26 Å². The van der Waals surface area contributed by atoms with Crippen molar-refractivity contribution in [3.63, 3.8) is 0 Å². The molecule has 2 fully saturated rings. The van der Waals surface area contributed by atoms with Crippen molar-refractivity contribution in [2.45, 2.75) is 43.8 Å². The zero-order chi connectivity index (χ0) is 11.7. The van der Waals surface area contributed by atoms with Gasteiger partial charge < -0.3 is 10.6 Å². The second kappa shape index (κ2) is 4.34. The third-order valence-corrected chi connectivity index (χ3v) is 3.75. The summed E-state index contributed by atoms with van der Waals surface area (Å²) in [4.78, 5) is 4.08. The maximum absolute atomic E-state index is 9.00. The van der Waals surface area contributed by atoms with E-state index in [1.54, 1.807) is 6.20 Å². The minimum Gasteiger partial charge on any atom is -0.380 e. The lowest BCUT2D eigenvalue weighted by atomic mass is 9.99. The second-order valence-electron chi connectivity index (χ2n) is 4.96. The van der Waals surface area contributed by atoms with Crippen LogP contribution in [0, 0.1) is 11.3 Å². The summed E-state index contributed by atoms with van der Waals surface area (Å²) in [6.45, 7) is 0. The number of aromatic nitrogens is 1. The average Bonchev–Trinajstić information content (AvgIpc) is 2.69. The molecule has 1 aromatic heterocycles. The molecule has 2 atom stereocenters. The fourth-order valence-electron chi connectivity index (χ4n) is 3.01. The summed E-state index contributed by atoms with van der Waals surface area (Å²) in [6, 6.07) is 7.75. The first-order valence-corrected chi connectivity index (χ1v) is 6.23. The van der Waals surface area contributed by atoms with Crippen molar-refractivity contribution < 1.29 is 0 Å². The Labute approximate surface area is 101 Å². The van der Waals surface area contributed by atoms with Crippen molar-refractivity contribution >= 4 is 5.69 Å². The minimum absolute atomic E-state index is 0.477. The quantitative estimate of drug-likeness (QED) is 0.808. The first-order chi connectivity index (χ1) is 8.35. The summed E-state index contributed by atoms with van der Waals surface area (Å²) in [5.74, 6) is 0. The van der Waals surface area contributed by atoms with Gasteiger partial charge in [0.05, 0.1) is 5.69 Å². The minimum atomic E-state index is 0.477. The van der Waals surface area contributed by atoms with Gasteiger partial charge in [0.25, 0.3) is 0 Å². The highest BCUT2D eigenvalue weighted by Gasteiger charge is 2.33. The van der Waals surface area contributed by atoms with Crippen LogP contribution in [0.15, 0.2) is 18.3 Å². The summed E-state index contributed by atoms with van der Waals surface area (Å²) < 4.78 is 0. The van der Waals surface area contributed by atoms with Gasteiger partial charge in [-0.2, -0.15) is 5.26 Å². The van der Waals surface area contributed by atoms with Crippen LogP contribution in [0.5, 0.6) is 0 Å². The largest absolute Gasteiger partial charge is 0.380 e. The van der Waals surface area contributed by atoms with Gasteiger partial charge in [0.15, 0.2) is 5.69 Å². The molecule has 3 heterocycles. The molecular weight excluding hydrogens is 212 g/mol. The molecule has 2 N–H and O–H groups in total. The first kappa shape index (κ1) is 10.5. The highest BCUT2D eigenvalue weighted by molar-refractivity contribution is 5.54. The van der Waals surface area contributed by atoms with E-state index >= 15 is 0 Å². The Morgan fingerprint density at radius 3 is 2.82 bits per heavy atom. The predicted octanol–water partition coefficient (Wildman–Crippen LogP) is 1.65. The number of fused-ring (bicyclic) bond motifs is 2. The molecule has 3 rings (SSSR count). The van der Waals surface area contributed by atoms with Crippen LogP contribution in [0.1, 0.15) is 31.4 Å². The van der Waals surface area contributed by atoms with Gasteiger partial charge in [-0.25, -0.2) is 4.98 Å². The van der Waals surface area contributed by atoms with Gasteiger partial charge in [-0.1, -0.05) is 0 Å². The maximum atomic E-state index is 9.00. The summed E-state index contributed by atoms with van der Waals surface area (Å²) in [5.41, 5.74) is 1.37. The third kappa shape index (κ3) is 2.11. The molecular formula is C13H16N4. The third-order valence-electron chi connectivity index (χ3n) is 3.75. The molecule has 4 heteroatoms. The second-order valence-corrected chi connectivity index (χ2v) is 4.96. The molecule has 2 aliphatic rings. The van der Waals surface area contributed by atoms with Crippen molar-refractivity contribution in [3.05, 3.63) is 24.0 Å². The normalized spacial score (nSPS) is 30.9. The molecule has 2 saturated heterocycles. The van der Waals surface area contributed by atoms with E-state index in [0.29, 0.717) is 23.8 Å². The average molecular weight is 228 g/mol. The zero-order valence-electron chi connectivity index (χ0n) is 9.69. The fraction of sp³-hybridized carbons (Fsp3) is 0.538. The molecule has 0 amide bonds. The number of nitrogens with one attached hydrogen (secondary N) is 2. The van der Waals surface area contributed by atoms with E-state index in [9.17, 15) is 0 Å². The number of hydrogen-bond donors (Lipinski definition) is 2. The van der Waals surface area contributed by atoms with Crippen LogP contribution in [0.3, 0.4) is 0 Å². The Hall–Kier alpha value is -1.60. The summed E-state index contributed by atoms with van der Waals surface area (Å²) in [5, 5.41) is 16.1. The van der Waals surface area contributed by atoms with Gasteiger partial charge in [-0.05, 0) is 37.8 Å². The van der Waals surface area contributed by atoms with E-state index in [2.05, 4.69) is 21.7 Å². The maximum Gasteiger partial charge on any atom is 0.163 e. The van der Waals surface area contributed by atoms with Crippen molar-refractivity contribution in [3.8, 4) is 6.07 Å². The van der Waals surface area contributed by atoms with Gasteiger partial charge in [-0.15, -0.1) is 0 Å². The Kier molecular flexibility index (Phi) is 2.69. The van der Waals surface area contributed by atoms with Crippen LogP contribution in [0.4, 0.5) is 5.69 Å². The predicted molar refractivity (Wildman–Crippen MR) is 65.5 cm³/mol. The Morgan fingerprint density at radius 1 is 1.35 bits per heavy atom. The van der Waals surface area contributed by atoms with Gasteiger partial charge in [0, 0.05) is 24.3 Å². The summed E-state index contributed by atoms with van der Waals surface area (Å²) in [7, 11) is 0. The van der Waals surface area contributed by atoms with Crippen LogP contribution in [-0.4, -0.2) is 23.1 Å². The Balaban J connectivity index is 1.73. The van der Waals surface area contributed by atoms with E-state index in [-0.39, 0.29) is 0 Å². The molecule has 1 aromatic rings. The first-order valence-electron chi connectivity index (χ1n) is 6.23. The van der Waals surface area contributed by atoms with Crippen LogP contribution < -0.4 is 10.6 Å². The molecule has 0 aliphatic carbocycles. The molecule has 0 spiro atoms. The van der Waals surface area contributed by atoms with E-state index in [1.807, 2.05) is 12.1 Å². The number of hydrogen-bond acceptors (Lipinski definition) is 4. The number of nitrogens with zero attached hydrogens (tertiary/aromatic N) is 2. The molecule has 2 unspecified atom stereocenters. The standard InChI is InChI=1S/C13H16N4/c14-8-13-12(2-1-5-15-13)17-11-6-9-3-4-10(7-11)16-9/h1-2,5,9-11,16-17H,3-4,6-7H2. The van der Waals surface area contributed by atoms with Crippen LogP contribution >= 0.6 is 0 Å². The van der Waals surface area contributed by atoms with E-state index in [0.717, 1.165) is 18.5 Å². The van der Waals surface area contributed by atoms with Crippen LogP contribution in [0.25, 0.3) is 0 Å². The number of nitriles is 1. The molecule has 0 radical (unpaired) electrons. The summed E-state index contributed by atoms with van der Waals surface area (Å²) in [6.07, 6.45) is 6.55. The van der Waals surface area contributed by atoms with Crippen molar-refractivity contribution in [1.29, 1.82) is 5.26 Å². The summed E-state index contributed by atoms with van der Waals surface area (Å²) >= 11 is 0. The lowest BCUT2D eigenvalue weighted by Crippen LogP contribution is -2.43. The lowest BCUT2D eigenvalue weighted by Gasteiger charge is -2.30. The zero-order valence-corrected chi connectivity index (χ0v) is 9.69. The highest BCUT2D eigenvalue weighted by Crippen LogP contribution is 2.29. The number of anilines is 1. The number of pyridine rings is 1. The van der Waals surface area contributed by atoms with Gasteiger partial charge in [0.1, 0.15) is 6.07 Å². The SMILES string of the molecule is N#Cc1ncccc1NC1CC2CCC(C1)N2. The van der Waals surface area contributed by atoms with E-state index in [1.165, 1.54) is 12.8 Å². The van der Waals surface area contributed by atoms with Crippen LogP contribution in [0.2, 0.25) is 0 Å². The smallest absolute Gasteiger partial charge is 0.163 e. The topological polar surface area (TPSA) is 60.7 Å². The molecule has 2 aliphatic heterocycles. The van der Waals surface area contributed by atoms with Gasteiger partial charge in [-0.3, -0.25) is 0 Å². The highest BCUT2D eigenvalue weighted by atomic mass is 15.1. The van der Waals surface area contributed by atoms with Crippen molar-refractivity contribution in [2.75, 3.05) is 5.32 Å². The molecule has 88 valence electrons. The van der Waals surface area contributed by atoms with Gasteiger partial charge >= 0.3 is 0 Å². The Bertz CT molecular complexity index is 439. The van der Waals surface area contributed by atoms with Gasteiger partial charge in [0.2, 0.25) is 0 Å².